The summed E-state index contributed by atoms with van der Waals surface area (Å²) < 4.78 is 24.8. The summed E-state index contributed by atoms with van der Waals surface area (Å²) in [5.74, 6) is -1.07. The van der Waals surface area contributed by atoms with E-state index in [1.165, 1.54) is 6.26 Å². The minimum Gasteiger partial charge on any atom is -0.481 e. The number of imidazole rings is 1. The number of para-hydroxylation sites is 2. The summed E-state index contributed by atoms with van der Waals surface area (Å²) in [5.41, 5.74) is 1.53. The topological polar surface area (TPSA) is 89.3 Å². The minimum atomic E-state index is -3.14. The van der Waals surface area contributed by atoms with Crippen LogP contribution in [-0.4, -0.2) is 46.8 Å². The van der Waals surface area contributed by atoms with Crippen molar-refractivity contribution < 1.29 is 18.3 Å². The highest BCUT2D eigenvalue weighted by molar-refractivity contribution is 7.99. The Morgan fingerprint density at radius 2 is 2.10 bits per heavy atom. The molecule has 0 aliphatic rings. The number of aliphatic carboxylic acids is 1. The van der Waals surface area contributed by atoms with Crippen molar-refractivity contribution in [2.45, 2.75) is 18.1 Å². The Morgan fingerprint density at radius 1 is 1.43 bits per heavy atom. The minimum absolute atomic E-state index is 0.0199. The van der Waals surface area contributed by atoms with Crippen LogP contribution in [0.5, 0.6) is 0 Å². The summed E-state index contributed by atoms with van der Waals surface area (Å²) >= 11 is 1.09. The number of carboxylic acids is 1. The number of hydrogen-bond donors (Lipinski definition) is 1. The van der Waals surface area contributed by atoms with Crippen LogP contribution in [0.2, 0.25) is 0 Å². The molecule has 0 radical (unpaired) electrons. The lowest BCUT2D eigenvalue weighted by Crippen LogP contribution is -2.17. The van der Waals surface area contributed by atoms with E-state index in [0.717, 1.165) is 22.8 Å². The molecule has 0 spiro atoms. The number of fused-ring (bicyclic) bond motifs is 1. The monoisotopic (exact) mass is 328 g/mol. The van der Waals surface area contributed by atoms with Gasteiger partial charge in [0.05, 0.1) is 22.5 Å². The van der Waals surface area contributed by atoms with E-state index in [2.05, 4.69) is 4.98 Å². The van der Waals surface area contributed by atoms with Crippen molar-refractivity contribution >= 4 is 38.6 Å². The molecule has 1 atom stereocenters. The molecule has 0 saturated heterocycles. The van der Waals surface area contributed by atoms with Gasteiger partial charge in [0.2, 0.25) is 0 Å². The first-order valence-corrected chi connectivity index (χ1v) is 9.32. The number of hydrogen-bond acceptors (Lipinski definition) is 5. The Balaban J connectivity index is 2.46. The Kier molecular flexibility index (Phi) is 4.58. The zero-order chi connectivity index (χ0) is 15.6. The normalized spacial score (nSPS) is 13.4. The van der Waals surface area contributed by atoms with Crippen molar-refractivity contribution in [2.75, 3.05) is 17.8 Å². The van der Waals surface area contributed by atoms with E-state index >= 15 is 0 Å². The first-order chi connectivity index (χ1) is 9.78. The van der Waals surface area contributed by atoms with Crippen LogP contribution in [0.25, 0.3) is 11.0 Å². The van der Waals surface area contributed by atoms with Crippen molar-refractivity contribution in [3.63, 3.8) is 0 Å². The molecule has 6 nitrogen and oxygen atoms in total. The zero-order valence-corrected chi connectivity index (χ0v) is 13.3. The summed E-state index contributed by atoms with van der Waals surface area (Å²) in [7, 11) is -3.14. The predicted molar refractivity (Wildman–Crippen MR) is 82.5 cm³/mol. The van der Waals surface area contributed by atoms with Crippen LogP contribution in [0.15, 0.2) is 29.4 Å². The Morgan fingerprint density at radius 3 is 2.71 bits per heavy atom. The van der Waals surface area contributed by atoms with E-state index < -0.39 is 15.8 Å². The molecule has 21 heavy (non-hydrogen) atoms. The van der Waals surface area contributed by atoms with Crippen LogP contribution in [0.3, 0.4) is 0 Å². The maximum Gasteiger partial charge on any atom is 0.313 e. The molecule has 0 saturated carbocycles. The van der Waals surface area contributed by atoms with Crippen molar-refractivity contribution in [2.24, 2.45) is 0 Å². The van der Waals surface area contributed by atoms with E-state index in [-0.39, 0.29) is 17.5 Å². The molecule has 2 aromatic rings. The summed E-state index contributed by atoms with van der Waals surface area (Å²) in [6.45, 7) is 1.79. The highest BCUT2D eigenvalue weighted by Gasteiger charge is 2.20. The van der Waals surface area contributed by atoms with Gasteiger partial charge in [-0.1, -0.05) is 23.9 Å². The van der Waals surface area contributed by atoms with Crippen LogP contribution in [0.4, 0.5) is 0 Å². The molecule has 1 aromatic carbocycles. The number of aromatic nitrogens is 2. The summed E-state index contributed by atoms with van der Waals surface area (Å²) in [4.78, 5) is 15.1. The highest BCUT2D eigenvalue weighted by Crippen LogP contribution is 2.28. The first kappa shape index (κ1) is 15.8. The number of benzene rings is 1. The van der Waals surface area contributed by atoms with E-state index in [4.69, 9.17) is 5.11 Å². The fraction of sp³-hybridized carbons (Fsp3) is 0.385. The second-order valence-electron chi connectivity index (χ2n) is 4.88. The summed E-state index contributed by atoms with van der Waals surface area (Å²) in [6.07, 6.45) is 1.19. The van der Waals surface area contributed by atoms with Gasteiger partial charge in [-0.2, -0.15) is 0 Å². The van der Waals surface area contributed by atoms with Crippen molar-refractivity contribution in [3.8, 4) is 0 Å². The van der Waals surface area contributed by atoms with Gasteiger partial charge in [0.1, 0.15) is 9.84 Å². The van der Waals surface area contributed by atoms with Gasteiger partial charge in [-0.15, -0.1) is 0 Å². The van der Waals surface area contributed by atoms with E-state index in [9.17, 15) is 13.2 Å². The van der Waals surface area contributed by atoms with Gasteiger partial charge in [-0.3, -0.25) is 4.79 Å². The number of sulfone groups is 1. The van der Waals surface area contributed by atoms with Gasteiger partial charge >= 0.3 is 5.97 Å². The van der Waals surface area contributed by atoms with Crippen LogP contribution >= 0.6 is 11.8 Å². The molecule has 0 amide bonds. The number of carboxylic acid groups (broad SMARTS) is 1. The average molecular weight is 328 g/mol. The molecule has 1 heterocycles. The SMILES string of the molecule is CC(CS(C)(=O)=O)n1c(SCC(=O)O)nc2ccccc21. The Labute approximate surface area is 127 Å². The molecule has 0 bridgehead atoms. The quantitative estimate of drug-likeness (QED) is 0.814. The number of nitrogens with zero attached hydrogens (tertiary/aromatic N) is 2. The van der Waals surface area contributed by atoms with Crippen LogP contribution in [-0.2, 0) is 14.6 Å². The second kappa shape index (κ2) is 6.07. The van der Waals surface area contributed by atoms with Gasteiger partial charge < -0.3 is 9.67 Å². The van der Waals surface area contributed by atoms with Crippen LogP contribution < -0.4 is 0 Å². The van der Waals surface area contributed by atoms with E-state index in [1.807, 2.05) is 24.3 Å². The van der Waals surface area contributed by atoms with Crippen molar-refractivity contribution in [1.82, 2.24) is 9.55 Å². The maximum absolute atomic E-state index is 11.5. The average Bonchev–Trinajstić information content (AvgIpc) is 2.72. The van der Waals surface area contributed by atoms with E-state index in [0.29, 0.717) is 5.16 Å². The molecule has 2 rings (SSSR count). The number of carbonyl (C=O) groups is 1. The molecule has 8 heteroatoms. The van der Waals surface area contributed by atoms with Gasteiger partial charge in [0, 0.05) is 12.3 Å². The third-order valence-corrected chi connectivity index (χ3v) is 4.90. The molecule has 0 aliphatic carbocycles. The Hall–Kier alpha value is -1.54. The lowest BCUT2D eigenvalue weighted by atomic mass is 10.3. The lowest BCUT2D eigenvalue weighted by Gasteiger charge is -2.16. The van der Waals surface area contributed by atoms with Gasteiger partial charge in [0.25, 0.3) is 0 Å². The fourth-order valence-electron chi connectivity index (χ4n) is 2.19. The highest BCUT2D eigenvalue weighted by atomic mass is 32.2. The van der Waals surface area contributed by atoms with Gasteiger partial charge in [-0.05, 0) is 19.1 Å². The number of thioether (sulfide) groups is 1. The van der Waals surface area contributed by atoms with Gasteiger partial charge in [0.15, 0.2) is 5.16 Å². The molecule has 0 fully saturated rings. The smallest absolute Gasteiger partial charge is 0.313 e. The summed E-state index contributed by atoms with van der Waals surface area (Å²) in [6, 6.07) is 7.05. The second-order valence-corrected chi connectivity index (χ2v) is 8.00. The predicted octanol–water partition coefficient (Wildman–Crippen LogP) is 1.82. The van der Waals surface area contributed by atoms with Crippen molar-refractivity contribution in [3.05, 3.63) is 24.3 Å². The third-order valence-electron chi connectivity index (χ3n) is 2.87. The van der Waals surface area contributed by atoms with Crippen LogP contribution in [0, 0.1) is 0 Å². The molecule has 1 unspecified atom stereocenters. The Bertz CT molecular complexity index is 768. The molecular weight excluding hydrogens is 312 g/mol. The number of rotatable bonds is 6. The van der Waals surface area contributed by atoms with E-state index in [1.54, 1.807) is 11.5 Å². The molecule has 1 aromatic heterocycles. The molecule has 114 valence electrons. The third kappa shape index (κ3) is 3.98. The fourth-order valence-corrected chi connectivity index (χ4v) is 4.05. The molecule has 0 aliphatic heterocycles. The lowest BCUT2D eigenvalue weighted by molar-refractivity contribution is -0.133. The zero-order valence-electron chi connectivity index (χ0n) is 11.7. The largest absolute Gasteiger partial charge is 0.481 e. The maximum atomic E-state index is 11.5. The molecular formula is C13H16N2O4S2. The van der Waals surface area contributed by atoms with Gasteiger partial charge in [-0.25, -0.2) is 13.4 Å². The standard InChI is InChI=1S/C13H16N2O4S2/c1-9(8-21(2,18)19)15-11-6-4-3-5-10(11)14-13(15)20-7-12(16)17/h3-6,9H,7-8H2,1-2H3,(H,16,17). The first-order valence-electron chi connectivity index (χ1n) is 6.27. The van der Waals surface area contributed by atoms with Crippen molar-refractivity contribution in [1.29, 1.82) is 0 Å². The van der Waals surface area contributed by atoms with Crippen LogP contribution in [0.1, 0.15) is 13.0 Å². The molecule has 1 N–H and O–H groups in total. The summed E-state index contributed by atoms with van der Waals surface area (Å²) in [5, 5.41) is 9.33.